The summed E-state index contributed by atoms with van der Waals surface area (Å²) in [6, 6.07) is 5.76. The molecule has 0 saturated heterocycles. The summed E-state index contributed by atoms with van der Waals surface area (Å²) in [6.45, 7) is 7.32. The molecule has 0 unspecified atom stereocenters. The van der Waals surface area contributed by atoms with Crippen molar-refractivity contribution in [2.75, 3.05) is 44.0 Å². The van der Waals surface area contributed by atoms with Crippen molar-refractivity contribution in [3.05, 3.63) is 18.2 Å². The Kier molecular flexibility index (Phi) is 5.63. The van der Waals surface area contributed by atoms with E-state index in [-0.39, 0.29) is 0 Å². The third kappa shape index (κ3) is 3.82. The molecular formula is C13H22N2O2. The molecule has 4 nitrogen and oxygen atoms in total. The normalized spacial score (nSPS) is 10.3. The van der Waals surface area contributed by atoms with Gasteiger partial charge in [0.1, 0.15) is 5.75 Å². The van der Waals surface area contributed by atoms with Gasteiger partial charge in [0.25, 0.3) is 0 Å². The molecule has 0 atom stereocenters. The first-order valence-corrected chi connectivity index (χ1v) is 5.99. The number of nitrogens with zero attached hydrogens (tertiary/aromatic N) is 1. The third-order valence-corrected chi connectivity index (χ3v) is 2.67. The van der Waals surface area contributed by atoms with Gasteiger partial charge in [0.2, 0.25) is 0 Å². The largest absolute Gasteiger partial charge is 0.497 e. The van der Waals surface area contributed by atoms with Crippen LogP contribution in [0.5, 0.6) is 5.75 Å². The number of benzene rings is 1. The second-order valence-electron chi connectivity index (χ2n) is 3.70. The SMILES string of the molecule is CCOCCN(CC)c1ccc(OC)cc1N. The lowest BCUT2D eigenvalue weighted by Gasteiger charge is -2.24. The van der Waals surface area contributed by atoms with Crippen LogP contribution in [0.3, 0.4) is 0 Å². The Morgan fingerprint density at radius 1 is 1.29 bits per heavy atom. The second kappa shape index (κ2) is 7.01. The maximum atomic E-state index is 6.02. The van der Waals surface area contributed by atoms with E-state index in [1.807, 2.05) is 25.1 Å². The van der Waals surface area contributed by atoms with E-state index in [4.69, 9.17) is 15.2 Å². The van der Waals surface area contributed by atoms with Gasteiger partial charge in [-0.15, -0.1) is 0 Å². The number of likely N-dealkylation sites (N-methyl/N-ethyl adjacent to an activating group) is 1. The van der Waals surface area contributed by atoms with Crippen LogP contribution in [0.15, 0.2) is 18.2 Å². The number of hydrogen-bond donors (Lipinski definition) is 1. The summed E-state index contributed by atoms with van der Waals surface area (Å²) in [5, 5.41) is 0. The highest BCUT2D eigenvalue weighted by molar-refractivity contribution is 5.69. The molecule has 0 fully saturated rings. The third-order valence-electron chi connectivity index (χ3n) is 2.67. The van der Waals surface area contributed by atoms with Gasteiger partial charge in [0.05, 0.1) is 25.1 Å². The van der Waals surface area contributed by atoms with Crippen molar-refractivity contribution in [3.8, 4) is 5.75 Å². The maximum Gasteiger partial charge on any atom is 0.121 e. The monoisotopic (exact) mass is 238 g/mol. The Morgan fingerprint density at radius 2 is 2.06 bits per heavy atom. The molecule has 1 aromatic carbocycles. The van der Waals surface area contributed by atoms with Crippen LogP contribution in [0, 0.1) is 0 Å². The van der Waals surface area contributed by atoms with Crippen LogP contribution in [0.2, 0.25) is 0 Å². The Morgan fingerprint density at radius 3 is 2.59 bits per heavy atom. The number of anilines is 2. The summed E-state index contributed by atoms with van der Waals surface area (Å²) in [5.41, 5.74) is 7.79. The zero-order valence-corrected chi connectivity index (χ0v) is 10.9. The van der Waals surface area contributed by atoms with E-state index in [1.165, 1.54) is 0 Å². The number of hydrogen-bond acceptors (Lipinski definition) is 4. The van der Waals surface area contributed by atoms with Crippen LogP contribution in [0.1, 0.15) is 13.8 Å². The molecular weight excluding hydrogens is 216 g/mol. The fraction of sp³-hybridized carbons (Fsp3) is 0.538. The van der Waals surface area contributed by atoms with Gasteiger partial charge in [-0.2, -0.15) is 0 Å². The van der Waals surface area contributed by atoms with Crippen LogP contribution in [-0.4, -0.2) is 33.4 Å². The van der Waals surface area contributed by atoms with Crippen LogP contribution < -0.4 is 15.4 Å². The van der Waals surface area contributed by atoms with Gasteiger partial charge >= 0.3 is 0 Å². The van der Waals surface area contributed by atoms with E-state index in [1.54, 1.807) is 7.11 Å². The second-order valence-corrected chi connectivity index (χ2v) is 3.70. The van der Waals surface area contributed by atoms with Gasteiger partial charge in [-0.3, -0.25) is 0 Å². The Labute approximate surface area is 103 Å². The van der Waals surface area contributed by atoms with Crippen molar-refractivity contribution in [3.63, 3.8) is 0 Å². The van der Waals surface area contributed by atoms with E-state index in [2.05, 4.69) is 11.8 Å². The lowest BCUT2D eigenvalue weighted by molar-refractivity contribution is 0.154. The van der Waals surface area contributed by atoms with Crippen LogP contribution in [0.25, 0.3) is 0 Å². The molecule has 1 aromatic rings. The van der Waals surface area contributed by atoms with Gasteiger partial charge < -0.3 is 20.1 Å². The molecule has 0 saturated carbocycles. The van der Waals surface area contributed by atoms with Gasteiger partial charge in [0.15, 0.2) is 0 Å². The van der Waals surface area contributed by atoms with Gasteiger partial charge in [-0.05, 0) is 26.0 Å². The molecule has 0 amide bonds. The molecule has 0 spiro atoms. The summed E-state index contributed by atoms with van der Waals surface area (Å²) in [7, 11) is 1.64. The summed E-state index contributed by atoms with van der Waals surface area (Å²) in [5.74, 6) is 0.784. The maximum absolute atomic E-state index is 6.02. The summed E-state index contributed by atoms with van der Waals surface area (Å²) >= 11 is 0. The van der Waals surface area contributed by atoms with Crippen LogP contribution >= 0.6 is 0 Å². The molecule has 0 aliphatic rings. The first-order valence-electron chi connectivity index (χ1n) is 5.99. The average molecular weight is 238 g/mol. The van der Waals surface area contributed by atoms with E-state index >= 15 is 0 Å². The van der Waals surface area contributed by atoms with Gasteiger partial charge in [-0.1, -0.05) is 0 Å². The molecule has 96 valence electrons. The average Bonchev–Trinajstić information content (AvgIpc) is 2.35. The smallest absolute Gasteiger partial charge is 0.121 e. The van der Waals surface area contributed by atoms with Gasteiger partial charge in [-0.25, -0.2) is 0 Å². The van der Waals surface area contributed by atoms with Crippen molar-refractivity contribution in [1.82, 2.24) is 0 Å². The summed E-state index contributed by atoms with van der Waals surface area (Å²) in [6.07, 6.45) is 0. The fourth-order valence-corrected chi connectivity index (χ4v) is 1.72. The van der Waals surface area contributed by atoms with Crippen molar-refractivity contribution in [1.29, 1.82) is 0 Å². The fourth-order valence-electron chi connectivity index (χ4n) is 1.72. The van der Waals surface area contributed by atoms with E-state index < -0.39 is 0 Å². The lowest BCUT2D eigenvalue weighted by Crippen LogP contribution is -2.27. The minimum atomic E-state index is 0.718. The van der Waals surface area contributed by atoms with Crippen molar-refractivity contribution >= 4 is 11.4 Å². The number of rotatable bonds is 7. The molecule has 1 rings (SSSR count). The number of nitrogens with two attached hydrogens (primary N) is 1. The minimum absolute atomic E-state index is 0.718. The van der Waals surface area contributed by atoms with Crippen molar-refractivity contribution in [2.45, 2.75) is 13.8 Å². The molecule has 17 heavy (non-hydrogen) atoms. The molecule has 0 radical (unpaired) electrons. The molecule has 0 aromatic heterocycles. The number of methoxy groups -OCH3 is 1. The molecule has 0 aliphatic carbocycles. The lowest BCUT2D eigenvalue weighted by atomic mass is 10.2. The highest BCUT2D eigenvalue weighted by atomic mass is 16.5. The minimum Gasteiger partial charge on any atom is -0.497 e. The number of nitrogen functional groups attached to an aromatic ring is 1. The van der Waals surface area contributed by atoms with Crippen LogP contribution in [-0.2, 0) is 4.74 Å². The Balaban J connectivity index is 2.73. The zero-order valence-electron chi connectivity index (χ0n) is 10.9. The first kappa shape index (κ1) is 13.6. The van der Waals surface area contributed by atoms with Crippen molar-refractivity contribution < 1.29 is 9.47 Å². The van der Waals surface area contributed by atoms with E-state index in [9.17, 15) is 0 Å². The topological polar surface area (TPSA) is 47.7 Å². The Hall–Kier alpha value is -1.42. The summed E-state index contributed by atoms with van der Waals surface area (Å²) in [4.78, 5) is 2.20. The molecule has 4 heteroatoms. The van der Waals surface area contributed by atoms with Crippen molar-refractivity contribution in [2.24, 2.45) is 0 Å². The predicted molar refractivity (Wildman–Crippen MR) is 71.8 cm³/mol. The molecule has 0 heterocycles. The van der Waals surface area contributed by atoms with Crippen LogP contribution in [0.4, 0.5) is 11.4 Å². The highest BCUT2D eigenvalue weighted by Gasteiger charge is 2.08. The van der Waals surface area contributed by atoms with E-state index in [0.29, 0.717) is 0 Å². The quantitative estimate of drug-likeness (QED) is 0.584. The standard InChI is InChI=1S/C13H22N2O2/c1-4-15(8-9-17-5-2)13-7-6-11(16-3)10-12(13)14/h6-7,10H,4-5,8-9,14H2,1-3H3. The molecule has 2 N–H and O–H groups in total. The first-order chi connectivity index (χ1) is 8.22. The van der Waals surface area contributed by atoms with Gasteiger partial charge in [0, 0.05) is 25.8 Å². The Bertz CT molecular complexity index is 342. The van der Waals surface area contributed by atoms with E-state index in [0.717, 1.165) is 43.4 Å². The summed E-state index contributed by atoms with van der Waals surface area (Å²) < 4.78 is 10.5. The molecule has 0 bridgehead atoms. The highest BCUT2D eigenvalue weighted by Crippen LogP contribution is 2.27. The molecule has 0 aliphatic heterocycles. The number of ether oxygens (including phenoxy) is 2. The zero-order chi connectivity index (χ0) is 12.7. The predicted octanol–water partition coefficient (Wildman–Crippen LogP) is 2.14.